The molecule has 1 aromatic rings. The lowest BCUT2D eigenvalue weighted by Gasteiger charge is -2.23. The Hall–Kier alpha value is -1.79. The van der Waals surface area contributed by atoms with E-state index < -0.39 is 6.29 Å². The minimum absolute atomic E-state index is 0.224. The zero-order valence-electron chi connectivity index (χ0n) is 12.5. The van der Waals surface area contributed by atoms with Gasteiger partial charge in [0.2, 0.25) is 0 Å². The van der Waals surface area contributed by atoms with Crippen molar-refractivity contribution in [2.45, 2.75) is 6.29 Å². The second-order valence-electron chi connectivity index (χ2n) is 4.12. The van der Waals surface area contributed by atoms with Crippen LogP contribution in [0.3, 0.4) is 0 Å². The van der Waals surface area contributed by atoms with Gasteiger partial charge in [0.05, 0.1) is 20.8 Å². The lowest BCUT2D eigenvalue weighted by molar-refractivity contribution is -0.110. The normalized spacial score (nSPS) is 10.5. The second-order valence-corrected chi connectivity index (χ2v) is 4.12. The zero-order valence-corrected chi connectivity index (χ0v) is 12.5. The van der Waals surface area contributed by atoms with Crippen LogP contribution in [0.5, 0.6) is 11.5 Å². The molecule has 0 bridgehead atoms. The third-order valence-corrected chi connectivity index (χ3v) is 2.94. The molecule has 0 N–H and O–H groups in total. The highest BCUT2D eigenvalue weighted by molar-refractivity contribution is 5.99. The van der Waals surface area contributed by atoms with Gasteiger partial charge in [-0.15, -0.1) is 0 Å². The van der Waals surface area contributed by atoms with Gasteiger partial charge in [-0.05, 0) is 12.1 Å². The summed E-state index contributed by atoms with van der Waals surface area (Å²) < 4.78 is 20.6. The topological polar surface area (TPSA) is 57.2 Å². The summed E-state index contributed by atoms with van der Waals surface area (Å²) in [5, 5.41) is 0. The average molecular weight is 283 g/mol. The number of amides is 1. The first kappa shape index (κ1) is 16.3. The molecule has 20 heavy (non-hydrogen) atoms. The summed E-state index contributed by atoms with van der Waals surface area (Å²) in [6.45, 7) is 0.299. The van der Waals surface area contributed by atoms with Crippen molar-refractivity contribution in [1.29, 1.82) is 0 Å². The van der Waals surface area contributed by atoms with Crippen molar-refractivity contribution in [3.8, 4) is 11.5 Å². The monoisotopic (exact) mass is 283 g/mol. The van der Waals surface area contributed by atoms with E-state index in [1.807, 2.05) is 0 Å². The molecule has 0 unspecified atom stereocenters. The lowest BCUT2D eigenvalue weighted by atomic mass is 10.1. The smallest absolute Gasteiger partial charge is 0.261 e. The molecule has 0 aromatic heterocycles. The summed E-state index contributed by atoms with van der Waals surface area (Å²) in [6, 6.07) is 5.20. The second kappa shape index (κ2) is 7.72. The molecule has 1 amide bonds. The Morgan fingerprint density at radius 1 is 1.10 bits per heavy atom. The summed E-state index contributed by atoms with van der Waals surface area (Å²) >= 11 is 0. The molecular weight excluding hydrogens is 262 g/mol. The van der Waals surface area contributed by atoms with E-state index in [-0.39, 0.29) is 5.91 Å². The molecule has 0 saturated heterocycles. The number of carbonyl (C=O) groups is 1. The highest BCUT2D eigenvalue weighted by Crippen LogP contribution is 2.29. The predicted molar refractivity (Wildman–Crippen MR) is 74.3 cm³/mol. The molecule has 0 radical (unpaired) electrons. The molecule has 6 nitrogen and oxygen atoms in total. The summed E-state index contributed by atoms with van der Waals surface area (Å²) in [6.07, 6.45) is -0.482. The van der Waals surface area contributed by atoms with Gasteiger partial charge in [-0.25, -0.2) is 0 Å². The number of nitrogens with zero attached hydrogens (tertiary/aromatic N) is 1. The molecule has 0 spiro atoms. The molecule has 0 heterocycles. The summed E-state index contributed by atoms with van der Waals surface area (Å²) in [5.74, 6) is 0.707. The van der Waals surface area contributed by atoms with E-state index in [1.165, 1.54) is 33.3 Å². The largest absolute Gasteiger partial charge is 0.496 e. The van der Waals surface area contributed by atoms with Crippen LogP contribution in [0.15, 0.2) is 18.2 Å². The minimum Gasteiger partial charge on any atom is -0.496 e. The Balaban J connectivity index is 3.01. The SMILES string of the molecule is COc1cccc(OC)c1C(=O)N(C)CC(OC)OC. The van der Waals surface area contributed by atoms with Gasteiger partial charge in [-0.1, -0.05) is 6.07 Å². The van der Waals surface area contributed by atoms with Gasteiger partial charge in [-0.2, -0.15) is 0 Å². The molecule has 6 heteroatoms. The molecule has 1 rings (SSSR count). The van der Waals surface area contributed by atoms with Gasteiger partial charge >= 0.3 is 0 Å². The first-order chi connectivity index (χ1) is 9.58. The quantitative estimate of drug-likeness (QED) is 0.708. The molecule has 0 saturated carbocycles. The van der Waals surface area contributed by atoms with Gasteiger partial charge in [0.25, 0.3) is 5.91 Å². The molecule has 112 valence electrons. The van der Waals surface area contributed by atoms with Crippen molar-refractivity contribution in [1.82, 2.24) is 4.90 Å². The molecule has 1 aromatic carbocycles. The Bertz CT molecular complexity index is 423. The van der Waals surface area contributed by atoms with E-state index in [0.29, 0.717) is 23.6 Å². The summed E-state index contributed by atoms with van der Waals surface area (Å²) in [4.78, 5) is 14.0. The third-order valence-electron chi connectivity index (χ3n) is 2.94. The zero-order chi connectivity index (χ0) is 15.1. The first-order valence-electron chi connectivity index (χ1n) is 6.11. The van der Waals surface area contributed by atoms with Crippen molar-refractivity contribution >= 4 is 5.91 Å². The number of methoxy groups -OCH3 is 4. The molecular formula is C14H21NO5. The first-order valence-corrected chi connectivity index (χ1v) is 6.11. The number of hydrogen-bond donors (Lipinski definition) is 0. The van der Waals surface area contributed by atoms with E-state index in [2.05, 4.69) is 0 Å². The van der Waals surface area contributed by atoms with Crippen LogP contribution in [0.1, 0.15) is 10.4 Å². The van der Waals surface area contributed by atoms with Crippen molar-refractivity contribution < 1.29 is 23.7 Å². The Kier molecular flexibility index (Phi) is 6.27. The Labute approximate surface area is 119 Å². The fourth-order valence-corrected chi connectivity index (χ4v) is 1.80. The number of rotatable bonds is 7. The maximum atomic E-state index is 12.5. The van der Waals surface area contributed by atoms with Crippen molar-refractivity contribution in [3.63, 3.8) is 0 Å². The maximum absolute atomic E-state index is 12.5. The van der Waals surface area contributed by atoms with Crippen LogP contribution in [0, 0.1) is 0 Å². The summed E-state index contributed by atoms with van der Waals surface area (Å²) in [7, 11) is 7.74. The van der Waals surface area contributed by atoms with Crippen LogP contribution >= 0.6 is 0 Å². The molecule has 0 aliphatic heterocycles. The molecule has 0 fully saturated rings. The van der Waals surface area contributed by atoms with Crippen LogP contribution in [0.25, 0.3) is 0 Å². The number of hydrogen-bond acceptors (Lipinski definition) is 5. The van der Waals surface area contributed by atoms with E-state index in [0.717, 1.165) is 0 Å². The number of benzene rings is 1. The minimum atomic E-state index is -0.482. The fourth-order valence-electron chi connectivity index (χ4n) is 1.80. The molecule has 0 aliphatic rings. The van der Waals surface area contributed by atoms with Gasteiger partial charge in [-0.3, -0.25) is 4.79 Å². The standard InChI is InChI=1S/C14H21NO5/c1-15(9-12(19-4)20-5)14(16)13-10(17-2)7-6-8-11(13)18-3/h6-8,12H,9H2,1-5H3. The van der Waals surface area contributed by atoms with E-state index in [1.54, 1.807) is 25.2 Å². The van der Waals surface area contributed by atoms with E-state index in [4.69, 9.17) is 18.9 Å². The highest BCUT2D eigenvalue weighted by Gasteiger charge is 2.23. The van der Waals surface area contributed by atoms with E-state index in [9.17, 15) is 4.79 Å². The van der Waals surface area contributed by atoms with Gasteiger partial charge in [0.1, 0.15) is 17.1 Å². The fraction of sp³-hybridized carbons (Fsp3) is 0.500. The highest BCUT2D eigenvalue weighted by atomic mass is 16.7. The van der Waals surface area contributed by atoms with Crippen LogP contribution < -0.4 is 9.47 Å². The molecule has 0 atom stereocenters. The lowest BCUT2D eigenvalue weighted by Crippen LogP contribution is -2.36. The van der Waals surface area contributed by atoms with Crippen molar-refractivity contribution in [2.75, 3.05) is 42.0 Å². The molecule has 0 aliphatic carbocycles. The number of ether oxygens (including phenoxy) is 4. The van der Waals surface area contributed by atoms with E-state index >= 15 is 0 Å². The van der Waals surface area contributed by atoms with Crippen molar-refractivity contribution in [3.05, 3.63) is 23.8 Å². The van der Waals surface area contributed by atoms with Gasteiger partial charge in [0, 0.05) is 21.3 Å². The number of likely N-dealkylation sites (N-methyl/N-ethyl adjacent to an activating group) is 1. The van der Waals surface area contributed by atoms with Crippen LogP contribution in [-0.2, 0) is 9.47 Å². The number of carbonyl (C=O) groups excluding carboxylic acids is 1. The van der Waals surface area contributed by atoms with Gasteiger partial charge in [0.15, 0.2) is 6.29 Å². The third kappa shape index (κ3) is 3.61. The van der Waals surface area contributed by atoms with Crippen LogP contribution in [-0.4, -0.2) is 59.1 Å². The van der Waals surface area contributed by atoms with Crippen molar-refractivity contribution in [2.24, 2.45) is 0 Å². The van der Waals surface area contributed by atoms with Gasteiger partial charge < -0.3 is 23.8 Å². The Morgan fingerprint density at radius 2 is 1.60 bits per heavy atom. The Morgan fingerprint density at radius 3 is 2.00 bits per heavy atom. The predicted octanol–water partition coefficient (Wildman–Crippen LogP) is 1.39. The average Bonchev–Trinajstić information content (AvgIpc) is 2.50. The maximum Gasteiger partial charge on any atom is 0.261 e. The van der Waals surface area contributed by atoms with Crippen LogP contribution in [0.4, 0.5) is 0 Å². The van der Waals surface area contributed by atoms with Crippen LogP contribution in [0.2, 0.25) is 0 Å². The summed E-state index contributed by atoms with van der Waals surface area (Å²) in [5.41, 5.74) is 0.381.